The van der Waals surface area contributed by atoms with Crippen LogP contribution in [0.5, 0.6) is 0 Å². The summed E-state index contributed by atoms with van der Waals surface area (Å²) in [5, 5.41) is 1.93. The molecular weight excluding hydrogens is 351 g/mol. The standard InChI is InChI=1S/C16H18Cl2N4S/c1-10-16(23-13-4-2-3-12(17)15(13)18)20-9-14(21-10)22-7-5-11(19)6-8-22/h2-4,9,11H,5-8,19H2,1H3. The summed E-state index contributed by atoms with van der Waals surface area (Å²) in [5.41, 5.74) is 6.84. The summed E-state index contributed by atoms with van der Waals surface area (Å²) in [5.74, 6) is 0.913. The maximum atomic E-state index is 6.24. The molecular formula is C16H18Cl2N4S. The topological polar surface area (TPSA) is 55.0 Å². The highest BCUT2D eigenvalue weighted by atomic mass is 35.5. The Hall–Kier alpha value is -1.01. The van der Waals surface area contributed by atoms with Crippen molar-refractivity contribution in [3.63, 3.8) is 0 Å². The summed E-state index contributed by atoms with van der Waals surface area (Å²) in [6, 6.07) is 5.89. The number of benzene rings is 1. The van der Waals surface area contributed by atoms with E-state index < -0.39 is 0 Å². The Labute approximate surface area is 150 Å². The molecule has 0 aliphatic carbocycles. The molecule has 23 heavy (non-hydrogen) atoms. The SMILES string of the molecule is Cc1nc(N2CCC(N)CC2)cnc1Sc1cccc(Cl)c1Cl. The number of aryl methyl sites for hydroxylation is 1. The van der Waals surface area contributed by atoms with Crippen LogP contribution in [0.2, 0.25) is 10.0 Å². The van der Waals surface area contributed by atoms with Gasteiger partial charge >= 0.3 is 0 Å². The van der Waals surface area contributed by atoms with Gasteiger partial charge in [0.15, 0.2) is 0 Å². The van der Waals surface area contributed by atoms with Gasteiger partial charge in [-0.1, -0.05) is 41.0 Å². The van der Waals surface area contributed by atoms with Gasteiger partial charge in [0.25, 0.3) is 0 Å². The number of nitrogens with two attached hydrogens (primary N) is 1. The van der Waals surface area contributed by atoms with E-state index in [-0.39, 0.29) is 0 Å². The second kappa shape index (κ2) is 7.26. The van der Waals surface area contributed by atoms with Gasteiger partial charge in [0.1, 0.15) is 10.8 Å². The molecule has 1 fully saturated rings. The lowest BCUT2D eigenvalue weighted by Gasteiger charge is -2.31. The number of rotatable bonds is 3. The van der Waals surface area contributed by atoms with Crippen LogP contribution in [0.1, 0.15) is 18.5 Å². The van der Waals surface area contributed by atoms with Crippen molar-refractivity contribution in [3.05, 3.63) is 40.1 Å². The first kappa shape index (κ1) is 16.8. The third-order valence-corrected chi connectivity index (χ3v) is 5.96. The van der Waals surface area contributed by atoms with Crippen molar-refractivity contribution in [2.45, 2.75) is 35.7 Å². The van der Waals surface area contributed by atoms with Gasteiger partial charge in [0, 0.05) is 24.0 Å². The van der Waals surface area contributed by atoms with Gasteiger partial charge in [-0.15, -0.1) is 0 Å². The minimum Gasteiger partial charge on any atom is -0.355 e. The minimum absolute atomic E-state index is 0.306. The smallest absolute Gasteiger partial charge is 0.147 e. The fourth-order valence-corrected chi connectivity index (χ4v) is 3.83. The monoisotopic (exact) mass is 368 g/mol. The molecule has 4 nitrogen and oxygen atoms in total. The van der Waals surface area contributed by atoms with Crippen LogP contribution in [0.3, 0.4) is 0 Å². The molecule has 2 N–H and O–H groups in total. The highest BCUT2D eigenvalue weighted by Crippen LogP contribution is 2.37. The van der Waals surface area contributed by atoms with Gasteiger partial charge < -0.3 is 10.6 Å². The molecule has 0 unspecified atom stereocenters. The zero-order valence-corrected chi connectivity index (χ0v) is 15.1. The average Bonchev–Trinajstić information content (AvgIpc) is 2.54. The lowest BCUT2D eigenvalue weighted by Crippen LogP contribution is -2.40. The first-order valence-electron chi connectivity index (χ1n) is 7.50. The zero-order valence-electron chi connectivity index (χ0n) is 12.8. The number of hydrogen-bond donors (Lipinski definition) is 1. The Morgan fingerprint density at radius 2 is 2.00 bits per heavy atom. The van der Waals surface area contributed by atoms with Gasteiger partial charge in [-0.3, -0.25) is 0 Å². The van der Waals surface area contributed by atoms with Crippen LogP contribution in [-0.2, 0) is 0 Å². The molecule has 2 heterocycles. The molecule has 3 rings (SSSR count). The van der Waals surface area contributed by atoms with E-state index in [9.17, 15) is 0 Å². The van der Waals surface area contributed by atoms with Crippen LogP contribution < -0.4 is 10.6 Å². The van der Waals surface area contributed by atoms with Gasteiger partial charge in [0.05, 0.1) is 21.9 Å². The van der Waals surface area contributed by atoms with Crippen LogP contribution >= 0.6 is 35.0 Å². The minimum atomic E-state index is 0.306. The normalized spacial score (nSPS) is 15.9. The van der Waals surface area contributed by atoms with E-state index in [1.165, 1.54) is 11.8 Å². The Morgan fingerprint density at radius 1 is 1.26 bits per heavy atom. The predicted molar refractivity (Wildman–Crippen MR) is 96.8 cm³/mol. The van der Waals surface area contributed by atoms with E-state index in [1.54, 1.807) is 6.07 Å². The summed E-state index contributed by atoms with van der Waals surface area (Å²) in [4.78, 5) is 12.4. The van der Waals surface area contributed by atoms with E-state index in [2.05, 4.69) is 9.88 Å². The third-order valence-electron chi connectivity index (χ3n) is 3.88. The average molecular weight is 369 g/mol. The van der Waals surface area contributed by atoms with Crippen LogP contribution in [0.15, 0.2) is 34.3 Å². The Balaban J connectivity index is 1.78. The van der Waals surface area contributed by atoms with E-state index in [0.29, 0.717) is 16.1 Å². The van der Waals surface area contributed by atoms with Crippen LogP contribution in [0, 0.1) is 6.92 Å². The second-order valence-corrected chi connectivity index (χ2v) is 7.41. The molecule has 122 valence electrons. The molecule has 0 saturated carbocycles. The maximum Gasteiger partial charge on any atom is 0.147 e. The molecule has 1 aromatic heterocycles. The lowest BCUT2D eigenvalue weighted by atomic mass is 10.1. The number of nitrogens with zero attached hydrogens (tertiary/aromatic N) is 3. The largest absolute Gasteiger partial charge is 0.355 e. The van der Waals surface area contributed by atoms with E-state index in [4.69, 9.17) is 33.9 Å². The number of aromatic nitrogens is 2. The molecule has 1 aliphatic heterocycles. The van der Waals surface area contributed by atoms with Crippen molar-refractivity contribution < 1.29 is 0 Å². The molecule has 0 atom stereocenters. The first-order valence-corrected chi connectivity index (χ1v) is 9.08. The second-order valence-electron chi connectivity index (χ2n) is 5.60. The first-order chi connectivity index (χ1) is 11.0. The Bertz CT molecular complexity index is 702. The Kier molecular flexibility index (Phi) is 5.31. The maximum absolute atomic E-state index is 6.24. The Morgan fingerprint density at radius 3 is 2.70 bits per heavy atom. The van der Waals surface area contributed by atoms with Crippen LogP contribution in [0.4, 0.5) is 5.82 Å². The summed E-state index contributed by atoms with van der Waals surface area (Å²) in [6.45, 7) is 3.83. The summed E-state index contributed by atoms with van der Waals surface area (Å²) in [6.07, 6.45) is 3.81. The molecule has 7 heteroatoms. The van der Waals surface area contributed by atoms with Gasteiger partial charge in [-0.05, 0) is 31.9 Å². The van der Waals surface area contributed by atoms with Crippen molar-refractivity contribution in [1.29, 1.82) is 0 Å². The third kappa shape index (κ3) is 3.91. The van der Waals surface area contributed by atoms with E-state index in [1.807, 2.05) is 25.3 Å². The molecule has 1 aliphatic rings. The highest BCUT2D eigenvalue weighted by Gasteiger charge is 2.18. The summed E-state index contributed by atoms with van der Waals surface area (Å²) < 4.78 is 0. The molecule has 1 saturated heterocycles. The fourth-order valence-electron chi connectivity index (χ4n) is 2.51. The number of piperidine rings is 1. The van der Waals surface area contributed by atoms with Crippen LogP contribution in [-0.4, -0.2) is 29.1 Å². The lowest BCUT2D eigenvalue weighted by molar-refractivity contribution is 0.497. The van der Waals surface area contributed by atoms with Gasteiger partial charge in [0.2, 0.25) is 0 Å². The van der Waals surface area contributed by atoms with Gasteiger partial charge in [-0.25, -0.2) is 9.97 Å². The van der Waals surface area contributed by atoms with E-state index in [0.717, 1.165) is 47.4 Å². The quantitative estimate of drug-likeness (QED) is 0.880. The molecule has 0 spiro atoms. The van der Waals surface area contributed by atoms with Crippen molar-refractivity contribution in [2.75, 3.05) is 18.0 Å². The number of halogens is 2. The molecule has 0 bridgehead atoms. The molecule has 1 aromatic carbocycles. The van der Waals surface area contributed by atoms with Crippen molar-refractivity contribution in [2.24, 2.45) is 5.73 Å². The predicted octanol–water partition coefficient (Wildman–Crippen LogP) is 4.17. The molecule has 0 amide bonds. The van der Waals surface area contributed by atoms with Crippen molar-refractivity contribution in [3.8, 4) is 0 Å². The van der Waals surface area contributed by atoms with Crippen LogP contribution in [0.25, 0.3) is 0 Å². The summed E-state index contributed by atoms with van der Waals surface area (Å²) in [7, 11) is 0. The number of hydrogen-bond acceptors (Lipinski definition) is 5. The molecule has 2 aromatic rings. The van der Waals surface area contributed by atoms with Gasteiger partial charge in [-0.2, -0.15) is 0 Å². The van der Waals surface area contributed by atoms with Crippen molar-refractivity contribution >= 4 is 40.8 Å². The fraction of sp³-hybridized carbons (Fsp3) is 0.375. The summed E-state index contributed by atoms with van der Waals surface area (Å²) >= 11 is 13.8. The highest BCUT2D eigenvalue weighted by molar-refractivity contribution is 7.99. The van der Waals surface area contributed by atoms with E-state index >= 15 is 0 Å². The zero-order chi connectivity index (χ0) is 16.4. The molecule has 0 radical (unpaired) electrons. The van der Waals surface area contributed by atoms with Crippen molar-refractivity contribution in [1.82, 2.24) is 9.97 Å². The number of anilines is 1.